The van der Waals surface area contributed by atoms with Gasteiger partial charge in [-0.1, -0.05) is 41.5 Å². The summed E-state index contributed by atoms with van der Waals surface area (Å²) in [4.78, 5) is 4.01. The number of rotatable bonds is 0. The lowest BCUT2D eigenvalue weighted by Crippen LogP contribution is -1.82. The van der Waals surface area contributed by atoms with Gasteiger partial charge in [0.1, 0.15) is 0 Å². The summed E-state index contributed by atoms with van der Waals surface area (Å²) in [5, 5.41) is 1.20. The molecule has 0 saturated heterocycles. The van der Waals surface area contributed by atoms with Gasteiger partial charge in [-0.25, -0.2) is 0 Å². The predicted molar refractivity (Wildman–Crippen MR) is 74.8 cm³/mol. The highest BCUT2D eigenvalue weighted by Crippen LogP contribution is 2.10. The van der Waals surface area contributed by atoms with Crippen molar-refractivity contribution in [2.75, 3.05) is 0 Å². The van der Waals surface area contributed by atoms with E-state index >= 15 is 0 Å². The highest BCUT2D eigenvalue weighted by atomic mass is 14.9. The molecule has 0 amide bonds. The summed E-state index contributed by atoms with van der Waals surface area (Å²) in [5.74, 6) is 0. The van der Waals surface area contributed by atoms with Crippen molar-refractivity contribution in [1.82, 2.24) is 9.55 Å². The van der Waals surface area contributed by atoms with Crippen molar-refractivity contribution >= 4 is 10.9 Å². The molecule has 0 aromatic carbocycles. The minimum atomic E-state index is 1.20. The Bertz CT molecular complexity index is 350. The Morgan fingerprint density at radius 3 is 2.00 bits per heavy atom. The van der Waals surface area contributed by atoms with Crippen LogP contribution < -0.4 is 0 Å². The Labute approximate surface area is 100 Å². The second-order valence-corrected chi connectivity index (χ2v) is 2.36. The van der Waals surface area contributed by atoms with Crippen molar-refractivity contribution in [3.05, 3.63) is 30.7 Å². The van der Waals surface area contributed by atoms with E-state index in [0.717, 1.165) is 0 Å². The second kappa shape index (κ2) is 11.8. The minimum absolute atomic E-state index is 1.20. The monoisotopic (exact) mass is 222 g/mol. The zero-order chi connectivity index (χ0) is 13.0. The lowest BCUT2D eigenvalue weighted by molar-refractivity contribution is 0.968. The summed E-state index contributed by atoms with van der Waals surface area (Å²) in [5.41, 5.74) is 1.23. The van der Waals surface area contributed by atoms with E-state index in [1.165, 1.54) is 10.9 Å². The first-order valence-corrected chi connectivity index (χ1v) is 6.23. The molecule has 0 spiro atoms. The van der Waals surface area contributed by atoms with E-state index in [1.54, 1.807) is 0 Å². The highest BCUT2D eigenvalue weighted by Gasteiger charge is 1.93. The molecule has 0 saturated carbocycles. The molecule has 0 radical (unpaired) electrons. The first-order valence-electron chi connectivity index (χ1n) is 6.23. The van der Waals surface area contributed by atoms with Crippen LogP contribution in [-0.4, -0.2) is 9.55 Å². The first-order chi connectivity index (χ1) is 7.88. The van der Waals surface area contributed by atoms with Crippen LogP contribution in [0.4, 0.5) is 0 Å². The molecule has 0 aliphatic carbocycles. The van der Waals surface area contributed by atoms with Gasteiger partial charge < -0.3 is 4.57 Å². The quantitative estimate of drug-likeness (QED) is 0.634. The van der Waals surface area contributed by atoms with Crippen LogP contribution in [0.25, 0.3) is 10.9 Å². The van der Waals surface area contributed by atoms with Gasteiger partial charge in [-0.05, 0) is 12.1 Å². The van der Waals surface area contributed by atoms with Crippen LogP contribution in [0.5, 0.6) is 0 Å². The maximum atomic E-state index is 4.01. The Morgan fingerprint density at radius 2 is 1.50 bits per heavy atom. The van der Waals surface area contributed by atoms with Crippen LogP contribution in [0, 0.1) is 0 Å². The summed E-state index contributed by atoms with van der Waals surface area (Å²) >= 11 is 0. The van der Waals surface area contributed by atoms with Gasteiger partial charge >= 0.3 is 0 Å². The van der Waals surface area contributed by atoms with Gasteiger partial charge in [0, 0.05) is 31.0 Å². The van der Waals surface area contributed by atoms with Crippen molar-refractivity contribution in [2.45, 2.75) is 41.5 Å². The fraction of sp³-hybridized carbons (Fsp3) is 0.500. The average molecular weight is 222 g/mol. The topological polar surface area (TPSA) is 17.8 Å². The van der Waals surface area contributed by atoms with E-state index in [2.05, 4.69) is 15.6 Å². The lowest BCUT2D eigenvalue weighted by Gasteiger charge is -1.91. The predicted octanol–water partition coefficient (Wildman–Crippen LogP) is 4.65. The lowest BCUT2D eigenvalue weighted by atomic mass is 10.3. The molecular weight excluding hydrogens is 196 g/mol. The summed E-state index contributed by atoms with van der Waals surface area (Å²) < 4.78 is 2.08. The smallest absolute Gasteiger partial charge is 0.0508 e. The van der Waals surface area contributed by atoms with E-state index in [0.29, 0.717) is 0 Å². The van der Waals surface area contributed by atoms with Gasteiger partial charge in [0.25, 0.3) is 0 Å². The van der Waals surface area contributed by atoms with Crippen LogP contribution in [0.1, 0.15) is 41.5 Å². The van der Waals surface area contributed by atoms with Gasteiger partial charge in [-0.2, -0.15) is 0 Å². The van der Waals surface area contributed by atoms with Gasteiger partial charge in [-0.3, -0.25) is 4.98 Å². The molecule has 2 heteroatoms. The molecule has 0 aliphatic rings. The standard InChI is InChI=1S/C8H8N2.3C2H6/c1-10-5-3-7-6-9-4-2-8(7)10;3*1-2/h2-6H,1H3;3*1-2H3. The van der Waals surface area contributed by atoms with Crippen LogP contribution in [0.3, 0.4) is 0 Å². The van der Waals surface area contributed by atoms with Gasteiger partial charge in [0.15, 0.2) is 0 Å². The van der Waals surface area contributed by atoms with Crippen molar-refractivity contribution in [3.8, 4) is 0 Å². The number of hydrogen-bond donors (Lipinski definition) is 0. The number of fused-ring (bicyclic) bond motifs is 1. The number of aromatic nitrogens is 2. The average Bonchev–Trinajstić information content (AvgIpc) is 2.79. The van der Waals surface area contributed by atoms with Crippen molar-refractivity contribution in [3.63, 3.8) is 0 Å². The van der Waals surface area contributed by atoms with E-state index in [9.17, 15) is 0 Å². The molecule has 0 unspecified atom stereocenters. The fourth-order valence-electron chi connectivity index (χ4n) is 1.12. The minimum Gasteiger partial charge on any atom is -0.350 e. The molecule has 0 aliphatic heterocycles. The van der Waals surface area contributed by atoms with Crippen LogP contribution >= 0.6 is 0 Å². The van der Waals surface area contributed by atoms with Crippen molar-refractivity contribution in [1.29, 1.82) is 0 Å². The molecule has 2 heterocycles. The Morgan fingerprint density at radius 1 is 0.938 bits per heavy atom. The molecular formula is C14H26N2. The van der Waals surface area contributed by atoms with Crippen molar-refractivity contribution in [2.24, 2.45) is 7.05 Å². The zero-order valence-electron chi connectivity index (χ0n) is 11.8. The summed E-state index contributed by atoms with van der Waals surface area (Å²) in [7, 11) is 2.03. The normalized spacial score (nSPS) is 7.69. The SMILES string of the molecule is CC.CC.CC.Cn1ccc2cnccc21. The molecule has 2 aromatic rings. The van der Waals surface area contributed by atoms with Crippen molar-refractivity contribution < 1.29 is 0 Å². The maximum Gasteiger partial charge on any atom is 0.0508 e. The number of aryl methyl sites for hydroxylation is 1. The fourth-order valence-corrected chi connectivity index (χ4v) is 1.12. The van der Waals surface area contributed by atoms with Gasteiger partial charge in [0.2, 0.25) is 0 Å². The molecule has 2 rings (SSSR count). The molecule has 2 nitrogen and oxygen atoms in total. The highest BCUT2D eigenvalue weighted by molar-refractivity contribution is 5.78. The molecule has 0 N–H and O–H groups in total. The van der Waals surface area contributed by atoms with E-state index in [4.69, 9.17) is 0 Å². The summed E-state index contributed by atoms with van der Waals surface area (Å²) in [6.07, 6.45) is 5.71. The number of hydrogen-bond acceptors (Lipinski definition) is 1. The third-order valence-corrected chi connectivity index (χ3v) is 1.69. The van der Waals surface area contributed by atoms with Crippen LogP contribution in [0.15, 0.2) is 30.7 Å². The molecule has 0 fully saturated rings. The third kappa shape index (κ3) is 4.96. The summed E-state index contributed by atoms with van der Waals surface area (Å²) in [6.45, 7) is 12.0. The third-order valence-electron chi connectivity index (χ3n) is 1.69. The van der Waals surface area contributed by atoms with E-state index in [1.807, 2.05) is 73.2 Å². The van der Waals surface area contributed by atoms with E-state index < -0.39 is 0 Å². The molecule has 0 atom stereocenters. The van der Waals surface area contributed by atoms with Gasteiger partial charge in [-0.15, -0.1) is 0 Å². The number of nitrogens with zero attached hydrogens (tertiary/aromatic N) is 2. The Balaban J connectivity index is 0. The van der Waals surface area contributed by atoms with Crippen LogP contribution in [0.2, 0.25) is 0 Å². The molecule has 2 aromatic heterocycles. The first kappa shape index (κ1) is 17.1. The second-order valence-electron chi connectivity index (χ2n) is 2.36. The Hall–Kier alpha value is -1.31. The maximum absolute atomic E-state index is 4.01. The van der Waals surface area contributed by atoms with E-state index in [-0.39, 0.29) is 0 Å². The largest absolute Gasteiger partial charge is 0.350 e. The van der Waals surface area contributed by atoms with Gasteiger partial charge in [0.05, 0.1) is 5.52 Å². The molecule has 16 heavy (non-hydrogen) atoms. The Kier molecular flexibility index (Phi) is 12.6. The summed E-state index contributed by atoms with van der Waals surface area (Å²) in [6, 6.07) is 4.07. The molecule has 92 valence electrons. The van der Waals surface area contributed by atoms with Crippen LogP contribution in [-0.2, 0) is 7.05 Å². The zero-order valence-corrected chi connectivity index (χ0v) is 11.8. The molecule has 0 bridgehead atoms. The number of pyridine rings is 1.